The van der Waals surface area contributed by atoms with Crippen molar-refractivity contribution >= 4 is 23.2 Å². The van der Waals surface area contributed by atoms with E-state index in [2.05, 4.69) is 5.10 Å². The summed E-state index contributed by atoms with van der Waals surface area (Å²) in [7, 11) is 1.63. The van der Waals surface area contributed by atoms with Gasteiger partial charge >= 0.3 is 5.38 Å². The molecule has 1 unspecified atom stereocenters. The zero-order valence-electron chi connectivity index (χ0n) is 8.77. The van der Waals surface area contributed by atoms with E-state index in [4.69, 9.17) is 29.0 Å². The number of hydrazine groups is 1. The van der Waals surface area contributed by atoms with Crippen LogP contribution in [0.3, 0.4) is 0 Å². The van der Waals surface area contributed by atoms with Gasteiger partial charge in [0, 0.05) is 19.0 Å². The standard InChI is InChI=1S/C8H12Cl2F2N4/c1-4-5(7(9)16(2)15-4)3-6(14-13)8(10,11)12/h6,14H,3,13H2,1-2H3. The van der Waals surface area contributed by atoms with Crippen LogP contribution in [-0.2, 0) is 13.5 Å². The number of alkyl halides is 3. The number of aryl methyl sites for hydroxylation is 2. The molecule has 0 amide bonds. The van der Waals surface area contributed by atoms with Crippen LogP contribution in [0.4, 0.5) is 8.78 Å². The smallest absolute Gasteiger partial charge is 0.271 e. The van der Waals surface area contributed by atoms with E-state index >= 15 is 0 Å². The third-order valence-electron chi connectivity index (χ3n) is 2.27. The van der Waals surface area contributed by atoms with Crippen molar-refractivity contribution in [3.8, 4) is 0 Å². The Balaban J connectivity index is 2.95. The number of halogens is 4. The lowest BCUT2D eigenvalue weighted by atomic mass is 10.1. The van der Waals surface area contributed by atoms with Gasteiger partial charge in [0.25, 0.3) is 0 Å². The summed E-state index contributed by atoms with van der Waals surface area (Å²) in [5.74, 6) is 5.03. The van der Waals surface area contributed by atoms with Crippen molar-refractivity contribution in [3.63, 3.8) is 0 Å². The van der Waals surface area contributed by atoms with Crippen LogP contribution in [0, 0.1) is 6.92 Å². The fourth-order valence-electron chi connectivity index (χ4n) is 1.38. The molecule has 92 valence electrons. The second-order valence-corrected chi connectivity index (χ2v) is 4.31. The summed E-state index contributed by atoms with van der Waals surface area (Å²) < 4.78 is 27.2. The van der Waals surface area contributed by atoms with E-state index in [0.29, 0.717) is 16.4 Å². The number of nitrogens with two attached hydrogens (primary N) is 1. The molecule has 1 aromatic rings. The number of nitrogens with zero attached hydrogens (tertiary/aromatic N) is 2. The van der Waals surface area contributed by atoms with E-state index in [1.54, 1.807) is 14.0 Å². The van der Waals surface area contributed by atoms with E-state index in [0.717, 1.165) is 0 Å². The molecule has 0 aliphatic carbocycles. The van der Waals surface area contributed by atoms with Gasteiger partial charge in [-0.05, 0) is 18.5 Å². The Morgan fingerprint density at radius 2 is 2.19 bits per heavy atom. The van der Waals surface area contributed by atoms with Gasteiger partial charge in [-0.1, -0.05) is 11.6 Å². The molecular weight excluding hydrogens is 261 g/mol. The second-order valence-electron chi connectivity index (χ2n) is 3.44. The summed E-state index contributed by atoms with van der Waals surface area (Å²) in [4.78, 5) is 0. The molecule has 1 heterocycles. The zero-order valence-corrected chi connectivity index (χ0v) is 10.3. The minimum absolute atomic E-state index is 0.0918. The summed E-state index contributed by atoms with van der Waals surface area (Å²) in [5.41, 5.74) is 3.06. The summed E-state index contributed by atoms with van der Waals surface area (Å²) >= 11 is 10.8. The Morgan fingerprint density at radius 3 is 2.50 bits per heavy atom. The SMILES string of the molecule is Cc1nn(C)c(Cl)c1CC(NN)C(F)(F)Cl. The Morgan fingerprint density at radius 1 is 1.62 bits per heavy atom. The van der Waals surface area contributed by atoms with Crippen molar-refractivity contribution < 1.29 is 8.78 Å². The van der Waals surface area contributed by atoms with Gasteiger partial charge in [0.05, 0.1) is 5.69 Å². The number of hydrogen-bond acceptors (Lipinski definition) is 3. The molecule has 0 saturated carbocycles. The van der Waals surface area contributed by atoms with Gasteiger partial charge in [0.2, 0.25) is 0 Å². The van der Waals surface area contributed by atoms with Gasteiger partial charge in [0.1, 0.15) is 11.2 Å². The van der Waals surface area contributed by atoms with Crippen LogP contribution in [0.5, 0.6) is 0 Å². The van der Waals surface area contributed by atoms with Crippen molar-refractivity contribution in [2.24, 2.45) is 12.9 Å². The molecule has 0 aliphatic heterocycles. The average molecular weight is 273 g/mol. The minimum atomic E-state index is -3.44. The van der Waals surface area contributed by atoms with Crippen molar-refractivity contribution in [2.75, 3.05) is 0 Å². The molecule has 1 aromatic heterocycles. The fourth-order valence-corrected chi connectivity index (χ4v) is 1.77. The molecule has 16 heavy (non-hydrogen) atoms. The van der Waals surface area contributed by atoms with Crippen LogP contribution in [0.2, 0.25) is 5.15 Å². The Labute approximate surface area is 102 Å². The van der Waals surface area contributed by atoms with Crippen LogP contribution in [0.25, 0.3) is 0 Å². The molecule has 0 fully saturated rings. The van der Waals surface area contributed by atoms with Gasteiger partial charge in [-0.3, -0.25) is 10.5 Å². The largest absolute Gasteiger partial charge is 0.338 e. The molecule has 0 saturated heterocycles. The van der Waals surface area contributed by atoms with Crippen LogP contribution in [-0.4, -0.2) is 21.2 Å². The summed E-state index contributed by atoms with van der Waals surface area (Å²) in [6, 6.07) is -1.39. The number of aromatic nitrogens is 2. The van der Waals surface area contributed by atoms with E-state index in [1.165, 1.54) is 4.68 Å². The molecule has 4 nitrogen and oxygen atoms in total. The Kier molecular flexibility index (Phi) is 4.12. The number of nitrogens with one attached hydrogen (secondary N) is 1. The number of hydrogen-bond donors (Lipinski definition) is 2. The average Bonchev–Trinajstić information content (AvgIpc) is 2.37. The number of rotatable bonds is 4. The molecule has 1 rings (SSSR count). The lowest BCUT2D eigenvalue weighted by Crippen LogP contribution is -2.47. The van der Waals surface area contributed by atoms with E-state index in [-0.39, 0.29) is 6.42 Å². The predicted octanol–water partition coefficient (Wildman–Crippen LogP) is 1.59. The van der Waals surface area contributed by atoms with Crippen molar-refractivity contribution in [1.82, 2.24) is 15.2 Å². The lowest BCUT2D eigenvalue weighted by molar-refractivity contribution is 0.0502. The molecule has 3 N–H and O–H groups in total. The maximum atomic E-state index is 12.9. The van der Waals surface area contributed by atoms with E-state index in [1.807, 2.05) is 5.43 Å². The van der Waals surface area contributed by atoms with Crippen molar-refractivity contribution in [3.05, 3.63) is 16.4 Å². The zero-order chi connectivity index (χ0) is 12.5. The highest BCUT2D eigenvalue weighted by atomic mass is 35.5. The van der Waals surface area contributed by atoms with E-state index in [9.17, 15) is 8.78 Å². The minimum Gasteiger partial charge on any atom is -0.271 e. The third kappa shape index (κ3) is 2.82. The highest BCUT2D eigenvalue weighted by Gasteiger charge is 2.37. The lowest BCUT2D eigenvalue weighted by Gasteiger charge is -2.20. The molecule has 0 spiro atoms. The monoisotopic (exact) mass is 272 g/mol. The molecular formula is C8H12Cl2F2N4. The first-order valence-electron chi connectivity index (χ1n) is 4.48. The highest BCUT2D eigenvalue weighted by Crippen LogP contribution is 2.28. The molecule has 0 bridgehead atoms. The van der Waals surface area contributed by atoms with Crippen LogP contribution < -0.4 is 11.3 Å². The van der Waals surface area contributed by atoms with Crippen molar-refractivity contribution in [2.45, 2.75) is 24.8 Å². The maximum absolute atomic E-state index is 12.9. The summed E-state index contributed by atoms with van der Waals surface area (Å²) in [6.07, 6.45) is -0.0918. The third-order valence-corrected chi connectivity index (χ3v) is 3.01. The summed E-state index contributed by atoms with van der Waals surface area (Å²) in [6.45, 7) is 1.68. The van der Waals surface area contributed by atoms with Gasteiger partial charge in [-0.2, -0.15) is 13.9 Å². The van der Waals surface area contributed by atoms with Crippen LogP contribution in [0.15, 0.2) is 0 Å². The molecule has 0 aliphatic rings. The first kappa shape index (κ1) is 13.6. The molecule has 8 heteroatoms. The van der Waals surface area contributed by atoms with Gasteiger partial charge in [-0.15, -0.1) is 0 Å². The summed E-state index contributed by atoms with van der Waals surface area (Å²) in [5, 5.41) is 0.868. The molecule has 0 radical (unpaired) electrons. The van der Waals surface area contributed by atoms with Gasteiger partial charge in [-0.25, -0.2) is 5.43 Å². The van der Waals surface area contributed by atoms with Crippen LogP contribution in [0.1, 0.15) is 11.3 Å². The predicted molar refractivity (Wildman–Crippen MR) is 58.6 cm³/mol. The maximum Gasteiger partial charge on any atom is 0.338 e. The Bertz CT molecular complexity index is 375. The quantitative estimate of drug-likeness (QED) is 0.497. The first-order valence-corrected chi connectivity index (χ1v) is 5.23. The highest BCUT2D eigenvalue weighted by molar-refractivity contribution is 6.30. The van der Waals surface area contributed by atoms with Gasteiger partial charge < -0.3 is 0 Å². The molecule has 0 aromatic carbocycles. The normalized spacial score (nSPS) is 14.2. The van der Waals surface area contributed by atoms with Gasteiger partial charge in [0.15, 0.2) is 0 Å². The van der Waals surface area contributed by atoms with Crippen LogP contribution >= 0.6 is 23.2 Å². The van der Waals surface area contributed by atoms with E-state index < -0.39 is 11.4 Å². The van der Waals surface area contributed by atoms with Crippen molar-refractivity contribution in [1.29, 1.82) is 0 Å². The fraction of sp³-hybridized carbons (Fsp3) is 0.625. The topological polar surface area (TPSA) is 55.9 Å². The first-order chi connectivity index (χ1) is 7.27. The molecule has 1 atom stereocenters. The second kappa shape index (κ2) is 4.83. The Hall–Kier alpha value is -0.430.